The van der Waals surface area contributed by atoms with E-state index in [1.807, 2.05) is 0 Å². The van der Waals surface area contributed by atoms with Gasteiger partial charge in [0.25, 0.3) is 5.91 Å². The molecule has 1 N–H and O–H groups in total. The number of oxazole rings is 1. The van der Waals surface area contributed by atoms with Crippen molar-refractivity contribution >= 4 is 38.6 Å². The number of fused-ring (bicyclic) bond motifs is 1. The Balaban J connectivity index is 1.67. The summed E-state index contributed by atoms with van der Waals surface area (Å²) in [5, 5.41) is 6.58. The highest BCUT2D eigenvalue weighted by Gasteiger charge is 2.18. The maximum absolute atomic E-state index is 13.5. The molecule has 2 heterocycles. The van der Waals surface area contributed by atoms with Gasteiger partial charge in [-0.15, -0.1) is 0 Å². The Morgan fingerprint density at radius 1 is 1.19 bits per heavy atom. The number of aryl methyl sites for hydroxylation is 2. The summed E-state index contributed by atoms with van der Waals surface area (Å²) >= 11 is 3.37. The Morgan fingerprint density at radius 2 is 2.00 bits per heavy atom. The quantitative estimate of drug-likeness (QED) is 0.480. The van der Waals surface area contributed by atoms with E-state index in [1.54, 1.807) is 38.1 Å². The van der Waals surface area contributed by atoms with Crippen molar-refractivity contribution in [3.05, 3.63) is 63.7 Å². The Labute approximate surface area is 161 Å². The molecule has 0 unspecified atom stereocenters. The van der Waals surface area contributed by atoms with E-state index in [-0.39, 0.29) is 17.6 Å². The normalized spacial score (nSPS) is 11.1. The van der Waals surface area contributed by atoms with Crippen molar-refractivity contribution in [1.82, 2.24) is 10.1 Å². The molecule has 6 nitrogen and oxygen atoms in total. The van der Waals surface area contributed by atoms with Crippen LogP contribution in [0.2, 0.25) is 0 Å². The van der Waals surface area contributed by atoms with Gasteiger partial charge < -0.3 is 14.3 Å². The minimum atomic E-state index is -0.386. The van der Waals surface area contributed by atoms with Crippen LogP contribution in [0.3, 0.4) is 0 Å². The van der Waals surface area contributed by atoms with Crippen LogP contribution in [0.4, 0.5) is 10.1 Å². The predicted molar refractivity (Wildman–Crippen MR) is 101 cm³/mol. The highest BCUT2D eigenvalue weighted by Crippen LogP contribution is 2.31. The average molecular weight is 430 g/mol. The van der Waals surface area contributed by atoms with Crippen LogP contribution in [0.1, 0.15) is 21.8 Å². The first-order chi connectivity index (χ1) is 12.9. The number of hydrogen-bond donors (Lipinski definition) is 1. The molecular weight excluding hydrogens is 417 g/mol. The summed E-state index contributed by atoms with van der Waals surface area (Å²) in [6, 6.07) is 9.36. The van der Waals surface area contributed by atoms with Crippen molar-refractivity contribution in [2.75, 3.05) is 5.32 Å². The van der Waals surface area contributed by atoms with Gasteiger partial charge in [-0.1, -0.05) is 5.16 Å². The van der Waals surface area contributed by atoms with Gasteiger partial charge in [0.05, 0.1) is 11.3 Å². The van der Waals surface area contributed by atoms with Crippen LogP contribution >= 0.6 is 15.9 Å². The number of nitrogens with zero attached hydrogens (tertiary/aromatic N) is 2. The van der Waals surface area contributed by atoms with E-state index in [0.29, 0.717) is 43.8 Å². The lowest BCUT2D eigenvalue weighted by Gasteiger charge is -2.04. The summed E-state index contributed by atoms with van der Waals surface area (Å²) in [6.07, 6.45) is 0. The van der Waals surface area contributed by atoms with E-state index in [0.717, 1.165) is 0 Å². The first kappa shape index (κ1) is 17.4. The van der Waals surface area contributed by atoms with Crippen LogP contribution in [0.5, 0.6) is 0 Å². The monoisotopic (exact) mass is 429 g/mol. The molecule has 4 rings (SSSR count). The number of carbonyl (C=O) groups is 1. The Morgan fingerprint density at radius 3 is 2.74 bits per heavy atom. The summed E-state index contributed by atoms with van der Waals surface area (Å²) in [4.78, 5) is 16.9. The fraction of sp³-hybridized carbons (Fsp3) is 0.105. The van der Waals surface area contributed by atoms with Gasteiger partial charge in [-0.3, -0.25) is 4.79 Å². The number of benzene rings is 2. The van der Waals surface area contributed by atoms with E-state index < -0.39 is 0 Å². The molecule has 2 aromatic carbocycles. The molecule has 8 heteroatoms. The molecule has 0 saturated carbocycles. The predicted octanol–water partition coefficient (Wildman–Crippen LogP) is 5.25. The maximum atomic E-state index is 13.5. The zero-order valence-corrected chi connectivity index (χ0v) is 15.9. The van der Waals surface area contributed by atoms with Gasteiger partial charge in [0.1, 0.15) is 22.7 Å². The number of rotatable bonds is 3. The molecule has 27 heavy (non-hydrogen) atoms. The van der Waals surface area contributed by atoms with E-state index in [4.69, 9.17) is 8.94 Å². The van der Waals surface area contributed by atoms with Gasteiger partial charge in [-0.2, -0.15) is 0 Å². The summed E-state index contributed by atoms with van der Waals surface area (Å²) < 4.78 is 25.0. The lowest BCUT2D eigenvalue weighted by Crippen LogP contribution is -2.13. The molecule has 0 radical (unpaired) electrons. The molecular formula is C19H13BrFN3O3. The highest BCUT2D eigenvalue weighted by molar-refractivity contribution is 9.10. The lowest BCUT2D eigenvalue weighted by atomic mass is 10.2. The highest BCUT2D eigenvalue weighted by atomic mass is 79.9. The van der Waals surface area contributed by atoms with Crippen LogP contribution in [-0.4, -0.2) is 16.0 Å². The number of halogens is 2. The Hall–Kier alpha value is -3.00. The number of anilines is 1. The van der Waals surface area contributed by atoms with Gasteiger partial charge in [-0.25, -0.2) is 9.37 Å². The third-order valence-electron chi connectivity index (χ3n) is 4.06. The van der Waals surface area contributed by atoms with Crippen molar-refractivity contribution in [2.45, 2.75) is 13.8 Å². The average Bonchev–Trinajstić information content (AvgIpc) is 3.19. The lowest BCUT2D eigenvalue weighted by molar-refractivity contribution is 0.102. The second-order valence-corrected chi connectivity index (χ2v) is 6.83. The number of hydrogen-bond acceptors (Lipinski definition) is 5. The molecule has 2 aromatic heterocycles. The first-order valence-corrected chi connectivity index (χ1v) is 8.82. The van der Waals surface area contributed by atoms with Crippen molar-refractivity contribution in [1.29, 1.82) is 0 Å². The van der Waals surface area contributed by atoms with E-state index in [1.165, 1.54) is 12.1 Å². The number of amides is 1. The molecule has 0 saturated heterocycles. The Kier molecular flexibility index (Phi) is 4.27. The van der Waals surface area contributed by atoms with Crippen molar-refractivity contribution in [3.8, 4) is 11.5 Å². The summed E-state index contributed by atoms with van der Waals surface area (Å²) in [5.41, 5.74) is 3.04. The number of aromatic nitrogens is 2. The third kappa shape index (κ3) is 3.23. The van der Waals surface area contributed by atoms with Crippen LogP contribution in [0.15, 0.2) is 49.8 Å². The minimum Gasteiger partial charge on any atom is -0.436 e. The minimum absolute atomic E-state index is 0.283. The smallest absolute Gasteiger partial charge is 0.261 e. The van der Waals surface area contributed by atoms with Gasteiger partial charge in [0, 0.05) is 10.2 Å². The van der Waals surface area contributed by atoms with E-state index in [9.17, 15) is 9.18 Å². The van der Waals surface area contributed by atoms with Crippen LogP contribution in [-0.2, 0) is 0 Å². The molecule has 0 spiro atoms. The van der Waals surface area contributed by atoms with Crippen LogP contribution in [0.25, 0.3) is 22.6 Å². The largest absolute Gasteiger partial charge is 0.436 e. The molecule has 0 aliphatic heterocycles. The second-order valence-electron chi connectivity index (χ2n) is 5.98. The zero-order valence-electron chi connectivity index (χ0n) is 14.3. The maximum Gasteiger partial charge on any atom is 0.261 e. The third-order valence-corrected chi connectivity index (χ3v) is 4.76. The Bertz CT molecular complexity index is 1160. The van der Waals surface area contributed by atoms with Crippen molar-refractivity contribution in [3.63, 3.8) is 0 Å². The van der Waals surface area contributed by atoms with Gasteiger partial charge >= 0.3 is 0 Å². The number of nitrogens with one attached hydrogen (secondary N) is 1. The molecule has 0 atom stereocenters. The molecule has 136 valence electrons. The molecule has 0 fully saturated rings. The standard InChI is InChI=1S/C19H13BrFN3O3/c1-9-17(10(2)27-24-9)18(25)22-12-4-6-16-15(8-12)23-19(26-16)13-7-11(21)3-5-14(13)20/h3-8H,1-2H3,(H,22,25). The second kappa shape index (κ2) is 6.62. The number of carbonyl (C=O) groups excluding carboxylic acids is 1. The summed E-state index contributed by atoms with van der Waals surface area (Å²) in [5.74, 6) is 0.0291. The molecule has 0 bridgehead atoms. The van der Waals surface area contributed by atoms with E-state index in [2.05, 4.69) is 31.4 Å². The van der Waals surface area contributed by atoms with Crippen LogP contribution < -0.4 is 5.32 Å². The molecule has 0 aliphatic carbocycles. The molecule has 1 amide bonds. The fourth-order valence-corrected chi connectivity index (χ4v) is 3.20. The molecule has 4 aromatic rings. The van der Waals surface area contributed by atoms with Crippen LogP contribution in [0, 0.1) is 19.7 Å². The van der Waals surface area contributed by atoms with Crippen molar-refractivity contribution in [2.24, 2.45) is 0 Å². The SMILES string of the molecule is Cc1noc(C)c1C(=O)Nc1ccc2oc(-c3cc(F)ccc3Br)nc2c1. The summed E-state index contributed by atoms with van der Waals surface area (Å²) in [6.45, 7) is 3.38. The molecule has 0 aliphatic rings. The van der Waals surface area contributed by atoms with E-state index >= 15 is 0 Å². The topological polar surface area (TPSA) is 81.2 Å². The van der Waals surface area contributed by atoms with Gasteiger partial charge in [0.15, 0.2) is 5.58 Å². The fourth-order valence-electron chi connectivity index (χ4n) is 2.78. The zero-order chi connectivity index (χ0) is 19.1. The summed E-state index contributed by atoms with van der Waals surface area (Å²) in [7, 11) is 0. The van der Waals surface area contributed by atoms with Crippen molar-refractivity contribution < 1.29 is 18.1 Å². The first-order valence-electron chi connectivity index (χ1n) is 8.02. The van der Waals surface area contributed by atoms with Gasteiger partial charge in [-0.05, 0) is 66.2 Å². The van der Waals surface area contributed by atoms with Gasteiger partial charge in [0.2, 0.25) is 5.89 Å².